The lowest BCUT2D eigenvalue weighted by molar-refractivity contribution is -0.230. The molecule has 0 aliphatic carbocycles. The third kappa shape index (κ3) is 5.32. The van der Waals surface area contributed by atoms with E-state index < -0.39 is 11.7 Å². The van der Waals surface area contributed by atoms with Crippen molar-refractivity contribution in [2.24, 2.45) is 5.41 Å². The number of carbonyl (C=O) groups excluding carboxylic acids is 1. The van der Waals surface area contributed by atoms with Crippen molar-refractivity contribution in [3.63, 3.8) is 0 Å². The van der Waals surface area contributed by atoms with Crippen LogP contribution in [0.5, 0.6) is 0 Å². The van der Waals surface area contributed by atoms with Crippen LogP contribution in [0, 0.1) is 11.2 Å². The summed E-state index contributed by atoms with van der Waals surface area (Å²) < 4.78 is 25.4. The van der Waals surface area contributed by atoms with Gasteiger partial charge in [-0.1, -0.05) is 0 Å². The molecule has 1 aliphatic heterocycles. The highest BCUT2D eigenvalue weighted by molar-refractivity contribution is 5.82. The monoisotopic (exact) mass is 503 g/mol. The molecule has 1 fully saturated rings. The van der Waals surface area contributed by atoms with Crippen LogP contribution in [0.3, 0.4) is 0 Å². The summed E-state index contributed by atoms with van der Waals surface area (Å²) in [5.74, 6) is 0.337. The van der Waals surface area contributed by atoms with Gasteiger partial charge in [-0.05, 0) is 55.0 Å². The molecule has 0 atom stereocenters. The third-order valence-electron chi connectivity index (χ3n) is 6.06. The first-order valence-electron chi connectivity index (χ1n) is 11.7. The van der Waals surface area contributed by atoms with Crippen LogP contribution in [0.25, 0.3) is 22.6 Å². The second-order valence-electron chi connectivity index (χ2n) is 8.92. The highest BCUT2D eigenvalue weighted by Gasteiger charge is 2.40. The lowest BCUT2D eigenvalue weighted by atomic mass is 9.91. The predicted octanol–water partition coefficient (Wildman–Crippen LogP) is 3.48. The maximum absolute atomic E-state index is 13.6. The first kappa shape index (κ1) is 24.5. The Morgan fingerprint density at radius 3 is 2.51 bits per heavy atom. The molecule has 0 bridgehead atoms. The number of benzene rings is 1. The minimum atomic E-state index is -0.809. The van der Waals surface area contributed by atoms with Crippen LogP contribution in [0.4, 0.5) is 10.3 Å². The summed E-state index contributed by atoms with van der Waals surface area (Å²) in [7, 11) is 1.58. The van der Waals surface area contributed by atoms with Gasteiger partial charge in [0, 0.05) is 37.7 Å². The van der Waals surface area contributed by atoms with Crippen LogP contribution >= 0.6 is 0 Å². The number of H-pyrrole nitrogens is 1. The number of carbonyl (C=O) groups is 1. The molecule has 1 amide bonds. The number of hydrogen-bond donors (Lipinski definition) is 3. The molecule has 0 unspecified atom stereocenters. The number of pyridine rings is 1. The Labute approximate surface area is 212 Å². The number of nitrogens with zero attached hydrogens (tertiary/aromatic N) is 4. The van der Waals surface area contributed by atoms with Crippen LogP contribution < -0.4 is 10.6 Å². The molecule has 0 spiro atoms. The fourth-order valence-electron chi connectivity index (χ4n) is 3.97. The van der Waals surface area contributed by atoms with Gasteiger partial charge in [0.05, 0.1) is 35.7 Å². The molecule has 10 nitrogen and oxygen atoms in total. The molecule has 4 aromatic rings. The Hall–Kier alpha value is -4.22. The van der Waals surface area contributed by atoms with Gasteiger partial charge in [-0.25, -0.2) is 19.3 Å². The van der Waals surface area contributed by atoms with Gasteiger partial charge in [-0.2, -0.15) is 0 Å². The van der Waals surface area contributed by atoms with E-state index in [1.165, 1.54) is 12.1 Å². The summed E-state index contributed by atoms with van der Waals surface area (Å²) in [6.45, 7) is 2.63. The average Bonchev–Trinajstić information content (AvgIpc) is 3.38. The molecule has 1 aromatic carbocycles. The summed E-state index contributed by atoms with van der Waals surface area (Å²) in [5, 5.41) is 5.85. The fraction of sp³-hybridized carbons (Fsp3) is 0.269. The van der Waals surface area contributed by atoms with Crippen molar-refractivity contribution in [3.05, 3.63) is 78.3 Å². The van der Waals surface area contributed by atoms with Gasteiger partial charge in [0.25, 0.3) is 0 Å². The molecule has 4 heterocycles. The van der Waals surface area contributed by atoms with Crippen molar-refractivity contribution in [1.29, 1.82) is 0 Å². The lowest BCUT2D eigenvalue weighted by Crippen LogP contribution is -2.47. The van der Waals surface area contributed by atoms with Crippen LogP contribution in [-0.2, 0) is 20.8 Å². The number of imidazole rings is 1. The van der Waals surface area contributed by atoms with E-state index in [1.54, 1.807) is 50.8 Å². The van der Waals surface area contributed by atoms with E-state index >= 15 is 0 Å². The number of ether oxygens (including phenoxy) is 2. The third-order valence-corrected chi connectivity index (χ3v) is 6.06. The molecule has 3 aromatic heterocycles. The summed E-state index contributed by atoms with van der Waals surface area (Å²) >= 11 is 0. The second-order valence-corrected chi connectivity index (χ2v) is 8.92. The van der Waals surface area contributed by atoms with E-state index in [-0.39, 0.29) is 24.9 Å². The molecule has 11 heteroatoms. The lowest BCUT2D eigenvalue weighted by Gasteiger charge is -2.34. The Balaban J connectivity index is 1.44. The molecule has 3 N–H and O–H groups in total. The van der Waals surface area contributed by atoms with E-state index in [4.69, 9.17) is 14.5 Å². The molecule has 1 aliphatic rings. The number of aromatic amines is 1. The average molecular weight is 504 g/mol. The zero-order valence-corrected chi connectivity index (χ0v) is 20.4. The smallest absolute Gasteiger partial charge is 0.230 e. The van der Waals surface area contributed by atoms with Crippen LogP contribution in [0.1, 0.15) is 24.6 Å². The Bertz CT molecular complexity index is 1370. The SMILES string of the molecule is CNC(=O)C1(C)COC(c2nc(-c3ccc(F)cc3)c(-c3ccnc(NCc4ccncc4)n3)[nH]2)OC1. The summed E-state index contributed by atoms with van der Waals surface area (Å²) in [6.07, 6.45) is 4.29. The highest BCUT2D eigenvalue weighted by Crippen LogP contribution is 2.35. The quantitative estimate of drug-likeness (QED) is 0.350. The molecule has 37 heavy (non-hydrogen) atoms. The topological polar surface area (TPSA) is 127 Å². The normalized spacial score (nSPS) is 19.4. The summed E-state index contributed by atoms with van der Waals surface area (Å²) in [4.78, 5) is 33.2. The summed E-state index contributed by atoms with van der Waals surface area (Å²) in [5.41, 5.74) is 2.66. The molecular weight excluding hydrogens is 477 g/mol. The zero-order valence-electron chi connectivity index (χ0n) is 20.4. The molecular formula is C26H26FN7O3. The van der Waals surface area contributed by atoms with E-state index in [9.17, 15) is 9.18 Å². The largest absolute Gasteiger partial charge is 0.359 e. The van der Waals surface area contributed by atoms with Gasteiger partial charge in [0.2, 0.25) is 18.1 Å². The van der Waals surface area contributed by atoms with Gasteiger partial charge in [-0.15, -0.1) is 0 Å². The number of rotatable bonds is 7. The molecule has 5 rings (SSSR count). The number of halogens is 1. The number of nitrogens with one attached hydrogen (secondary N) is 3. The van der Waals surface area contributed by atoms with Crippen molar-refractivity contribution in [2.45, 2.75) is 19.8 Å². The fourth-order valence-corrected chi connectivity index (χ4v) is 3.97. The maximum Gasteiger partial charge on any atom is 0.230 e. The Morgan fingerprint density at radius 1 is 1.08 bits per heavy atom. The second kappa shape index (κ2) is 10.4. The van der Waals surface area contributed by atoms with Gasteiger partial charge in [0.15, 0.2) is 5.82 Å². The first-order chi connectivity index (χ1) is 17.9. The zero-order chi connectivity index (χ0) is 25.8. The number of aromatic nitrogens is 5. The van der Waals surface area contributed by atoms with E-state index in [2.05, 4.69) is 30.6 Å². The minimum Gasteiger partial charge on any atom is -0.359 e. The van der Waals surface area contributed by atoms with Gasteiger partial charge < -0.3 is 25.1 Å². The van der Waals surface area contributed by atoms with Crippen molar-refractivity contribution in [2.75, 3.05) is 25.6 Å². The molecule has 190 valence electrons. The minimum absolute atomic E-state index is 0.161. The highest BCUT2D eigenvalue weighted by atomic mass is 19.1. The van der Waals surface area contributed by atoms with Crippen LogP contribution in [0.2, 0.25) is 0 Å². The predicted molar refractivity (Wildman–Crippen MR) is 133 cm³/mol. The van der Waals surface area contributed by atoms with Crippen molar-refractivity contribution in [3.8, 4) is 22.6 Å². The maximum atomic E-state index is 13.6. The van der Waals surface area contributed by atoms with E-state index in [0.717, 1.165) is 5.56 Å². The molecule has 0 radical (unpaired) electrons. The number of hydrogen-bond acceptors (Lipinski definition) is 8. The molecule has 1 saturated heterocycles. The van der Waals surface area contributed by atoms with Gasteiger partial charge in [-0.3, -0.25) is 9.78 Å². The Morgan fingerprint density at radius 2 is 1.81 bits per heavy atom. The number of anilines is 1. The number of amides is 1. The standard InChI is InChI=1S/C26H26FN7O3/c1-26(24(35)28-2)14-36-23(37-15-26)22-33-20(17-3-5-18(27)6-4-17)21(34-22)19-9-12-30-25(32-19)31-13-16-7-10-29-11-8-16/h3-12,23H,13-15H2,1-2H3,(H,28,35)(H,33,34)(H,30,31,32). The first-order valence-corrected chi connectivity index (χ1v) is 11.7. The Kier molecular flexibility index (Phi) is 6.89. The van der Waals surface area contributed by atoms with Crippen molar-refractivity contribution in [1.82, 2.24) is 30.2 Å². The van der Waals surface area contributed by atoms with Crippen LogP contribution in [0.15, 0.2) is 61.1 Å². The van der Waals surface area contributed by atoms with Crippen LogP contribution in [-0.4, -0.2) is 51.1 Å². The summed E-state index contributed by atoms with van der Waals surface area (Å²) in [6, 6.07) is 11.6. The van der Waals surface area contributed by atoms with E-state index in [0.29, 0.717) is 41.0 Å². The van der Waals surface area contributed by atoms with E-state index in [1.807, 2.05) is 12.1 Å². The van der Waals surface area contributed by atoms with Gasteiger partial charge in [0.1, 0.15) is 5.82 Å². The molecule has 0 saturated carbocycles. The van der Waals surface area contributed by atoms with Crippen molar-refractivity contribution >= 4 is 11.9 Å². The van der Waals surface area contributed by atoms with Gasteiger partial charge >= 0.3 is 0 Å². The van der Waals surface area contributed by atoms with Crippen molar-refractivity contribution < 1.29 is 18.7 Å².